The van der Waals surface area contributed by atoms with Gasteiger partial charge in [0.2, 0.25) is 5.91 Å². The molecule has 2 heterocycles. The van der Waals surface area contributed by atoms with Gasteiger partial charge in [-0.25, -0.2) is 0 Å². The second-order valence-corrected chi connectivity index (χ2v) is 4.56. The third-order valence-corrected chi connectivity index (χ3v) is 3.00. The number of hydrogen-bond donors (Lipinski definition) is 3. The number of amides is 1. The summed E-state index contributed by atoms with van der Waals surface area (Å²) in [4.78, 5) is 11.9. The lowest BCUT2D eigenvalue weighted by Crippen LogP contribution is -2.59. The normalized spacial score (nSPS) is 36.5. The van der Waals surface area contributed by atoms with Crippen LogP contribution in [0.25, 0.3) is 0 Å². The van der Waals surface area contributed by atoms with Crippen LogP contribution in [-0.4, -0.2) is 50.3 Å². The smallest absolute Gasteiger partial charge is 0.238 e. The van der Waals surface area contributed by atoms with Crippen molar-refractivity contribution >= 4 is 5.91 Å². The summed E-state index contributed by atoms with van der Waals surface area (Å²) in [5.74, 6) is 0.0789. The molecule has 0 spiro atoms. The Morgan fingerprint density at radius 2 is 2.40 bits per heavy atom. The van der Waals surface area contributed by atoms with Crippen molar-refractivity contribution in [1.29, 1.82) is 0 Å². The van der Waals surface area contributed by atoms with E-state index in [2.05, 4.69) is 16.0 Å². The number of carbonyl (C=O) groups is 1. The summed E-state index contributed by atoms with van der Waals surface area (Å²) < 4.78 is 5.30. The molecule has 15 heavy (non-hydrogen) atoms. The number of piperazine rings is 1. The molecule has 2 aliphatic heterocycles. The molecule has 5 nitrogen and oxygen atoms in total. The third kappa shape index (κ3) is 2.68. The van der Waals surface area contributed by atoms with E-state index in [0.29, 0.717) is 13.2 Å². The molecule has 0 aliphatic carbocycles. The van der Waals surface area contributed by atoms with Crippen molar-refractivity contribution in [2.45, 2.75) is 24.9 Å². The van der Waals surface area contributed by atoms with Gasteiger partial charge >= 0.3 is 0 Å². The minimum absolute atomic E-state index is 0.0789. The van der Waals surface area contributed by atoms with Crippen LogP contribution >= 0.6 is 0 Å². The quantitative estimate of drug-likeness (QED) is 0.541. The lowest BCUT2D eigenvalue weighted by molar-refractivity contribution is -0.125. The summed E-state index contributed by atoms with van der Waals surface area (Å²) in [5, 5.41) is 9.45. The molecule has 2 saturated heterocycles. The Balaban J connectivity index is 1.85. The van der Waals surface area contributed by atoms with Gasteiger partial charge in [-0.05, 0) is 13.3 Å². The van der Waals surface area contributed by atoms with E-state index in [9.17, 15) is 4.79 Å². The molecule has 0 aromatic rings. The van der Waals surface area contributed by atoms with Gasteiger partial charge < -0.3 is 20.7 Å². The zero-order valence-corrected chi connectivity index (χ0v) is 9.14. The standard InChI is InChI=1S/C10H19N3O2/c1-10(2-5-15-7-10)13-9(14)8-6-11-3-4-12-8/h8,11-12H,2-7H2,1H3,(H,13,14). The van der Waals surface area contributed by atoms with E-state index in [1.54, 1.807) is 0 Å². The number of hydrogen-bond acceptors (Lipinski definition) is 4. The first-order chi connectivity index (χ1) is 7.20. The molecule has 0 saturated carbocycles. The van der Waals surface area contributed by atoms with E-state index >= 15 is 0 Å². The molecule has 5 heteroatoms. The topological polar surface area (TPSA) is 62.4 Å². The summed E-state index contributed by atoms with van der Waals surface area (Å²) in [5.41, 5.74) is -0.170. The van der Waals surface area contributed by atoms with Crippen LogP contribution in [0.5, 0.6) is 0 Å². The Morgan fingerprint density at radius 1 is 1.53 bits per heavy atom. The Labute approximate surface area is 89.9 Å². The zero-order chi connectivity index (χ0) is 10.7. The van der Waals surface area contributed by atoms with E-state index in [0.717, 1.165) is 26.1 Å². The van der Waals surface area contributed by atoms with Crippen LogP contribution in [0.15, 0.2) is 0 Å². The number of rotatable bonds is 2. The Morgan fingerprint density at radius 3 is 3.00 bits per heavy atom. The molecule has 1 amide bonds. The summed E-state index contributed by atoms with van der Waals surface area (Å²) in [6.07, 6.45) is 0.902. The fourth-order valence-electron chi connectivity index (χ4n) is 1.99. The maximum atomic E-state index is 11.9. The fraction of sp³-hybridized carbons (Fsp3) is 0.900. The first-order valence-electron chi connectivity index (χ1n) is 5.53. The van der Waals surface area contributed by atoms with E-state index in [1.807, 2.05) is 6.92 Å². The number of nitrogens with one attached hydrogen (secondary N) is 3. The Kier molecular flexibility index (Phi) is 3.23. The van der Waals surface area contributed by atoms with Gasteiger partial charge in [0.15, 0.2) is 0 Å². The maximum Gasteiger partial charge on any atom is 0.238 e. The molecule has 86 valence electrons. The van der Waals surface area contributed by atoms with Crippen molar-refractivity contribution in [1.82, 2.24) is 16.0 Å². The molecule has 0 aromatic heterocycles. The molecular formula is C10H19N3O2. The van der Waals surface area contributed by atoms with Gasteiger partial charge in [-0.2, -0.15) is 0 Å². The lowest BCUT2D eigenvalue weighted by Gasteiger charge is -2.29. The predicted molar refractivity (Wildman–Crippen MR) is 56.6 cm³/mol. The summed E-state index contributed by atoms with van der Waals surface area (Å²) in [6.45, 7) is 5.90. The fourth-order valence-corrected chi connectivity index (χ4v) is 1.99. The van der Waals surface area contributed by atoms with Crippen LogP contribution in [0.1, 0.15) is 13.3 Å². The average molecular weight is 213 g/mol. The van der Waals surface area contributed by atoms with Crippen molar-refractivity contribution in [3.8, 4) is 0 Å². The SMILES string of the molecule is CC1(NC(=O)C2CNCCN2)CCOC1. The first kappa shape index (κ1) is 10.9. The third-order valence-electron chi connectivity index (χ3n) is 3.00. The largest absolute Gasteiger partial charge is 0.379 e. The Bertz CT molecular complexity index is 233. The number of ether oxygens (including phenoxy) is 1. The van der Waals surface area contributed by atoms with Gasteiger partial charge in [0.25, 0.3) is 0 Å². The highest BCUT2D eigenvalue weighted by molar-refractivity contribution is 5.82. The average Bonchev–Trinajstić information content (AvgIpc) is 2.66. The minimum Gasteiger partial charge on any atom is -0.379 e. The zero-order valence-electron chi connectivity index (χ0n) is 9.14. The van der Waals surface area contributed by atoms with Crippen molar-refractivity contribution in [2.75, 3.05) is 32.8 Å². The molecule has 3 N–H and O–H groups in total. The monoisotopic (exact) mass is 213 g/mol. The maximum absolute atomic E-state index is 11.9. The molecular weight excluding hydrogens is 194 g/mol. The molecule has 2 atom stereocenters. The minimum atomic E-state index is -0.170. The molecule has 2 aliphatic rings. The lowest BCUT2D eigenvalue weighted by atomic mass is 10.0. The second kappa shape index (κ2) is 4.47. The Hall–Kier alpha value is -0.650. The predicted octanol–water partition coefficient (Wildman–Crippen LogP) is -1.16. The van der Waals surface area contributed by atoms with Gasteiger partial charge in [0.1, 0.15) is 0 Å². The van der Waals surface area contributed by atoms with E-state index in [1.165, 1.54) is 0 Å². The highest BCUT2D eigenvalue weighted by Gasteiger charge is 2.33. The molecule has 0 aromatic carbocycles. The molecule has 0 radical (unpaired) electrons. The molecule has 2 unspecified atom stereocenters. The molecule has 0 bridgehead atoms. The highest BCUT2D eigenvalue weighted by Crippen LogP contribution is 2.17. The van der Waals surface area contributed by atoms with Crippen molar-refractivity contribution in [3.63, 3.8) is 0 Å². The van der Waals surface area contributed by atoms with Gasteiger partial charge in [0.05, 0.1) is 18.2 Å². The van der Waals surface area contributed by atoms with Gasteiger partial charge in [-0.3, -0.25) is 4.79 Å². The van der Waals surface area contributed by atoms with Crippen LogP contribution in [0.2, 0.25) is 0 Å². The van der Waals surface area contributed by atoms with Crippen LogP contribution in [0.4, 0.5) is 0 Å². The van der Waals surface area contributed by atoms with Crippen molar-refractivity contribution in [3.05, 3.63) is 0 Å². The summed E-state index contributed by atoms with van der Waals surface area (Å²) >= 11 is 0. The summed E-state index contributed by atoms with van der Waals surface area (Å²) in [7, 11) is 0. The number of carbonyl (C=O) groups excluding carboxylic acids is 1. The van der Waals surface area contributed by atoms with E-state index in [4.69, 9.17) is 4.74 Å². The van der Waals surface area contributed by atoms with Crippen molar-refractivity contribution < 1.29 is 9.53 Å². The highest BCUT2D eigenvalue weighted by atomic mass is 16.5. The van der Waals surface area contributed by atoms with Gasteiger partial charge in [-0.1, -0.05) is 0 Å². The first-order valence-corrected chi connectivity index (χ1v) is 5.53. The van der Waals surface area contributed by atoms with Crippen LogP contribution < -0.4 is 16.0 Å². The van der Waals surface area contributed by atoms with E-state index in [-0.39, 0.29) is 17.5 Å². The van der Waals surface area contributed by atoms with Crippen molar-refractivity contribution in [2.24, 2.45) is 0 Å². The second-order valence-electron chi connectivity index (χ2n) is 4.56. The molecule has 2 fully saturated rings. The summed E-state index contributed by atoms with van der Waals surface area (Å²) in [6, 6.07) is -0.101. The van der Waals surface area contributed by atoms with E-state index < -0.39 is 0 Å². The van der Waals surface area contributed by atoms with Crippen LogP contribution in [0, 0.1) is 0 Å². The van der Waals surface area contributed by atoms with Gasteiger partial charge in [-0.15, -0.1) is 0 Å². The van der Waals surface area contributed by atoms with Gasteiger partial charge in [0, 0.05) is 26.2 Å². The van der Waals surface area contributed by atoms with Crippen LogP contribution in [-0.2, 0) is 9.53 Å². The molecule has 2 rings (SSSR count). The van der Waals surface area contributed by atoms with Crippen LogP contribution in [0.3, 0.4) is 0 Å².